The Kier molecular flexibility index (Phi) is 5.34. The average Bonchev–Trinajstić information content (AvgIpc) is 2.24. The first-order valence-electron chi connectivity index (χ1n) is 5.40. The van der Waals surface area contributed by atoms with Gasteiger partial charge in [-0.1, -0.05) is 36.4 Å². The van der Waals surface area contributed by atoms with Crippen LogP contribution >= 0.6 is 27.7 Å². The van der Waals surface area contributed by atoms with E-state index in [1.807, 2.05) is 13.8 Å². The summed E-state index contributed by atoms with van der Waals surface area (Å²) in [6, 6.07) is 0. The van der Waals surface area contributed by atoms with Gasteiger partial charge >= 0.3 is 5.97 Å². The molecule has 1 rings (SSSR count). The Morgan fingerprint density at radius 1 is 1.50 bits per heavy atom. The van der Waals surface area contributed by atoms with E-state index in [4.69, 9.17) is 0 Å². The van der Waals surface area contributed by atoms with Crippen molar-refractivity contribution in [3.05, 3.63) is 28.1 Å². The number of carbonyl (C=O) groups is 1. The lowest BCUT2D eigenvalue weighted by molar-refractivity contribution is 0.0690. The van der Waals surface area contributed by atoms with Crippen molar-refractivity contribution in [2.45, 2.75) is 31.7 Å². The maximum absolute atomic E-state index is 11.2. The number of carboxylic acids is 1. The molecule has 0 amide bonds. The molecular formula is C12H15BrN2O2S. The summed E-state index contributed by atoms with van der Waals surface area (Å²) in [5, 5.41) is 9.71. The Labute approximate surface area is 119 Å². The Hall–Kier alpha value is -0.880. The smallest absolute Gasteiger partial charge is 0.340 e. The number of nitrogens with zero attached hydrogens (tertiary/aromatic N) is 2. The van der Waals surface area contributed by atoms with Crippen molar-refractivity contribution in [1.29, 1.82) is 0 Å². The lowest BCUT2D eigenvalue weighted by atomic mass is 10.2. The van der Waals surface area contributed by atoms with Crippen molar-refractivity contribution in [1.82, 2.24) is 9.97 Å². The van der Waals surface area contributed by atoms with Crippen LogP contribution in [0.2, 0.25) is 0 Å². The van der Waals surface area contributed by atoms with E-state index in [9.17, 15) is 9.90 Å². The number of aryl methyl sites for hydroxylation is 1. The number of rotatable bonds is 5. The predicted octanol–water partition coefficient (Wildman–Crippen LogP) is 3.61. The van der Waals surface area contributed by atoms with E-state index in [0.717, 1.165) is 4.48 Å². The summed E-state index contributed by atoms with van der Waals surface area (Å²) in [5.74, 6) is 0.414. The maximum Gasteiger partial charge on any atom is 0.340 e. The van der Waals surface area contributed by atoms with Crippen LogP contribution in [-0.2, 0) is 0 Å². The molecule has 98 valence electrons. The SMILES string of the molecule is C=C(Br)CSc1nc(C(C)C)nc(C)c1C(=O)O. The fourth-order valence-corrected chi connectivity index (χ4v) is 2.50. The van der Waals surface area contributed by atoms with Gasteiger partial charge in [-0.05, 0) is 11.4 Å². The van der Waals surface area contributed by atoms with Gasteiger partial charge < -0.3 is 5.11 Å². The van der Waals surface area contributed by atoms with Gasteiger partial charge in [0.05, 0.1) is 5.69 Å². The van der Waals surface area contributed by atoms with E-state index >= 15 is 0 Å². The maximum atomic E-state index is 11.2. The third-order valence-electron chi connectivity index (χ3n) is 2.17. The zero-order chi connectivity index (χ0) is 13.9. The van der Waals surface area contributed by atoms with Crippen LogP contribution in [0.3, 0.4) is 0 Å². The number of hydrogen-bond donors (Lipinski definition) is 1. The molecule has 0 saturated heterocycles. The molecule has 0 aliphatic carbocycles. The molecule has 1 heterocycles. The summed E-state index contributed by atoms with van der Waals surface area (Å²) in [6.07, 6.45) is 0. The molecule has 1 aromatic heterocycles. The van der Waals surface area contributed by atoms with Gasteiger partial charge in [-0.3, -0.25) is 0 Å². The second kappa shape index (κ2) is 6.33. The summed E-state index contributed by atoms with van der Waals surface area (Å²) in [7, 11) is 0. The summed E-state index contributed by atoms with van der Waals surface area (Å²) in [6.45, 7) is 9.39. The molecule has 0 bridgehead atoms. The highest BCUT2D eigenvalue weighted by molar-refractivity contribution is 9.11. The Bertz CT molecular complexity index is 489. The first kappa shape index (κ1) is 15.2. The highest BCUT2D eigenvalue weighted by Crippen LogP contribution is 2.27. The van der Waals surface area contributed by atoms with Crippen LogP contribution in [0.5, 0.6) is 0 Å². The minimum atomic E-state index is -0.995. The first-order valence-corrected chi connectivity index (χ1v) is 7.18. The van der Waals surface area contributed by atoms with Gasteiger partial charge in [0.15, 0.2) is 0 Å². The lowest BCUT2D eigenvalue weighted by Crippen LogP contribution is -2.10. The molecule has 0 aliphatic heterocycles. The van der Waals surface area contributed by atoms with Crippen LogP contribution in [0.4, 0.5) is 0 Å². The van der Waals surface area contributed by atoms with Crippen LogP contribution in [-0.4, -0.2) is 26.8 Å². The van der Waals surface area contributed by atoms with E-state index in [-0.39, 0.29) is 11.5 Å². The normalized spacial score (nSPS) is 10.7. The van der Waals surface area contributed by atoms with E-state index in [1.165, 1.54) is 11.8 Å². The number of aromatic carboxylic acids is 1. The molecule has 1 aromatic rings. The first-order chi connectivity index (χ1) is 8.32. The Balaban J connectivity index is 3.24. The van der Waals surface area contributed by atoms with Crippen molar-refractivity contribution in [3.63, 3.8) is 0 Å². The number of thioether (sulfide) groups is 1. The van der Waals surface area contributed by atoms with Crippen molar-refractivity contribution in [3.8, 4) is 0 Å². The van der Waals surface area contributed by atoms with Crippen LogP contribution < -0.4 is 0 Å². The van der Waals surface area contributed by atoms with Gasteiger partial charge in [0.1, 0.15) is 16.4 Å². The second-order valence-electron chi connectivity index (χ2n) is 4.11. The fourth-order valence-electron chi connectivity index (χ4n) is 1.32. The summed E-state index contributed by atoms with van der Waals surface area (Å²) >= 11 is 4.60. The van der Waals surface area contributed by atoms with Gasteiger partial charge in [0.25, 0.3) is 0 Å². The zero-order valence-corrected chi connectivity index (χ0v) is 12.9. The highest BCUT2D eigenvalue weighted by Gasteiger charge is 2.19. The number of aromatic nitrogens is 2. The molecule has 0 aliphatic rings. The molecule has 0 radical (unpaired) electrons. The summed E-state index contributed by atoms with van der Waals surface area (Å²) in [5.41, 5.74) is 0.682. The van der Waals surface area contributed by atoms with Crippen LogP contribution in [0.15, 0.2) is 16.1 Å². The minimum Gasteiger partial charge on any atom is -0.478 e. The van der Waals surface area contributed by atoms with Gasteiger partial charge in [-0.2, -0.15) is 0 Å². The molecule has 0 fully saturated rings. The van der Waals surface area contributed by atoms with Gasteiger partial charge in [0, 0.05) is 11.7 Å². The largest absolute Gasteiger partial charge is 0.478 e. The van der Waals surface area contributed by atoms with Gasteiger partial charge in [-0.25, -0.2) is 14.8 Å². The zero-order valence-electron chi connectivity index (χ0n) is 10.5. The van der Waals surface area contributed by atoms with Crippen molar-refractivity contribution in [2.75, 3.05) is 5.75 Å². The van der Waals surface area contributed by atoms with Crippen LogP contribution in [0, 0.1) is 6.92 Å². The van der Waals surface area contributed by atoms with E-state index in [1.54, 1.807) is 6.92 Å². The van der Waals surface area contributed by atoms with Crippen LogP contribution in [0.25, 0.3) is 0 Å². The summed E-state index contributed by atoms with van der Waals surface area (Å²) < 4.78 is 0.797. The average molecular weight is 331 g/mol. The molecule has 0 aromatic carbocycles. The second-order valence-corrected chi connectivity index (χ2v) is 6.20. The van der Waals surface area contributed by atoms with E-state index in [0.29, 0.717) is 22.3 Å². The van der Waals surface area contributed by atoms with E-state index in [2.05, 4.69) is 32.5 Å². The van der Waals surface area contributed by atoms with Gasteiger partial charge in [0.2, 0.25) is 0 Å². The van der Waals surface area contributed by atoms with Crippen molar-refractivity contribution in [2.24, 2.45) is 0 Å². The standard InChI is InChI=1S/C12H15BrN2O2S/c1-6(2)10-14-8(4)9(12(16)17)11(15-10)18-5-7(3)13/h6H,3,5H2,1-2,4H3,(H,16,17). The third-order valence-corrected chi connectivity index (χ3v) is 3.88. The molecular weight excluding hydrogens is 316 g/mol. The lowest BCUT2D eigenvalue weighted by Gasteiger charge is -2.11. The molecule has 4 nitrogen and oxygen atoms in total. The number of carboxylic acid groups (broad SMARTS) is 1. The number of halogens is 1. The minimum absolute atomic E-state index is 0.165. The Morgan fingerprint density at radius 3 is 2.56 bits per heavy atom. The molecule has 18 heavy (non-hydrogen) atoms. The molecule has 0 spiro atoms. The molecule has 0 saturated carbocycles. The predicted molar refractivity (Wildman–Crippen MR) is 76.6 cm³/mol. The fraction of sp³-hybridized carbons (Fsp3) is 0.417. The quantitative estimate of drug-likeness (QED) is 0.660. The molecule has 6 heteroatoms. The van der Waals surface area contributed by atoms with Crippen LogP contribution in [0.1, 0.15) is 41.6 Å². The van der Waals surface area contributed by atoms with Crippen molar-refractivity contribution < 1.29 is 9.90 Å². The number of hydrogen-bond acceptors (Lipinski definition) is 4. The van der Waals surface area contributed by atoms with Crippen molar-refractivity contribution >= 4 is 33.7 Å². The monoisotopic (exact) mass is 330 g/mol. The molecule has 1 N–H and O–H groups in total. The Morgan fingerprint density at radius 2 is 2.11 bits per heavy atom. The topological polar surface area (TPSA) is 63.1 Å². The van der Waals surface area contributed by atoms with Gasteiger partial charge in [-0.15, -0.1) is 11.8 Å². The molecule has 0 atom stereocenters. The van der Waals surface area contributed by atoms with E-state index < -0.39 is 5.97 Å². The third kappa shape index (κ3) is 3.81. The summed E-state index contributed by atoms with van der Waals surface area (Å²) in [4.78, 5) is 19.8. The highest BCUT2D eigenvalue weighted by atomic mass is 79.9. The molecule has 0 unspecified atom stereocenters.